The Labute approximate surface area is 136 Å². The van der Waals surface area contributed by atoms with Crippen LogP contribution < -0.4 is 5.32 Å². The van der Waals surface area contributed by atoms with E-state index >= 15 is 0 Å². The first kappa shape index (κ1) is 17.1. The van der Waals surface area contributed by atoms with Gasteiger partial charge in [-0.2, -0.15) is 0 Å². The fourth-order valence-electron chi connectivity index (χ4n) is 2.01. The van der Waals surface area contributed by atoms with Gasteiger partial charge < -0.3 is 10.1 Å². The Kier molecular flexibility index (Phi) is 5.20. The van der Waals surface area contributed by atoms with Gasteiger partial charge >= 0.3 is 5.97 Å². The molecule has 1 amide bonds. The summed E-state index contributed by atoms with van der Waals surface area (Å²) in [5.74, 6) is -2.03. The van der Waals surface area contributed by atoms with Gasteiger partial charge in [-0.1, -0.05) is 12.1 Å². The minimum Gasteiger partial charge on any atom is -0.452 e. The molecule has 0 aliphatic rings. The number of hydrogen-bond donors (Lipinski definition) is 1. The van der Waals surface area contributed by atoms with Gasteiger partial charge in [-0.05, 0) is 31.2 Å². The minimum atomic E-state index is -0.856. The van der Waals surface area contributed by atoms with Gasteiger partial charge in [-0.15, -0.1) is 0 Å². The number of anilines is 1. The molecule has 0 aliphatic heterocycles. The van der Waals surface area contributed by atoms with E-state index in [4.69, 9.17) is 4.74 Å². The smallest absolute Gasteiger partial charge is 0.339 e. The SMILES string of the molecule is Cc1c(C(=O)OCC(=O)Nc2cccc(F)c2)cccc1[N+](=O)[O-]. The van der Waals surface area contributed by atoms with Crippen LogP contribution in [0.2, 0.25) is 0 Å². The summed E-state index contributed by atoms with van der Waals surface area (Å²) in [5, 5.41) is 13.2. The van der Waals surface area contributed by atoms with E-state index in [-0.39, 0.29) is 22.5 Å². The van der Waals surface area contributed by atoms with Crippen molar-refractivity contribution in [1.82, 2.24) is 0 Å². The quantitative estimate of drug-likeness (QED) is 0.516. The zero-order chi connectivity index (χ0) is 17.7. The van der Waals surface area contributed by atoms with Crippen molar-refractivity contribution in [2.75, 3.05) is 11.9 Å². The van der Waals surface area contributed by atoms with Crippen LogP contribution in [0.25, 0.3) is 0 Å². The summed E-state index contributed by atoms with van der Waals surface area (Å²) in [7, 11) is 0. The first-order valence-electron chi connectivity index (χ1n) is 6.85. The van der Waals surface area contributed by atoms with E-state index in [1.165, 1.54) is 43.3 Å². The molecule has 0 saturated carbocycles. The zero-order valence-corrected chi connectivity index (χ0v) is 12.6. The van der Waals surface area contributed by atoms with E-state index in [0.29, 0.717) is 0 Å². The number of nitrogens with one attached hydrogen (secondary N) is 1. The van der Waals surface area contributed by atoms with Crippen LogP contribution in [0.15, 0.2) is 42.5 Å². The number of halogens is 1. The minimum absolute atomic E-state index is 0.00255. The second kappa shape index (κ2) is 7.32. The summed E-state index contributed by atoms with van der Waals surface area (Å²) in [6.07, 6.45) is 0. The number of hydrogen-bond acceptors (Lipinski definition) is 5. The highest BCUT2D eigenvalue weighted by atomic mass is 19.1. The molecule has 8 heteroatoms. The molecule has 124 valence electrons. The highest BCUT2D eigenvalue weighted by Gasteiger charge is 2.19. The topological polar surface area (TPSA) is 98.5 Å². The molecule has 0 aliphatic carbocycles. The van der Waals surface area contributed by atoms with E-state index < -0.39 is 29.2 Å². The Bertz CT molecular complexity index is 807. The number of carbonyl (C=O) groups is 2. The number of benzene rings is 2. The molecule has 0 unspecified atom stereocenters. The predicted molar refractivity (Wildman–Crippen MR) is 83.1 cm³/mol. The van der Waals surface area contributed by atoms with Crippen molar-refractivity contribution in [2.45, 2.75) is 6.92 Å². The molecule has 0 bridgehead atoms. The van der Waals surface area contributed by atoms with Crippen molar-refractivity contribution in [2.24, 2.45) is 0 Å². The van der Waals surface area contributed by atoms with Crippen LogP contribution >= 0.6 is 0 Å². The van der Waals surface area contributed by atoms with Gasteiger partial charge in [0.25, 0.3) is 11.6 Å². The van der Waals surface area contributed by atoms with E-state index in [9.17, 15) is 24.1 Å². The van der Waals surface area contributed by atoms with E-state index in [1.54, 1.807) is 0 Å². The van der Waals surface area contributed by atoms with Crippen molar-refractivity contribution in [3.63, 3.8) is 0 Å². The molecule has 7 nitrogen and oxygen atoms in total. The van der Waals surface area contributed by atoms with Gasteiger partial charge in [0, 0.05) is 17.3 Å². The molecule has 0 saturated heterocycles. The summed E-state index contributed by atoms with van der Waals surface area (Å²) in [5.41, 5.74) is 0.164. The molecular formula is C16H13FN2O5. The molecule has 1 N–H and O–H groups in total. The predicted octanol–water partition coefficient (Wildman–Crippen LogP) is 2.84. The molecule has 0 heterocycles. The number of amides is 1. The molecule has 0 fully saturated rings. The van der Waals surface area contributed by atoms with Crippen LogP contribution in [0.1, 0.15) is 15.9 Å². The highest BCUT2D eigenvalue weighted by Crippen LogP contribution is 2.21. The number of rotatable bonds is 5. The number of nitro groups is 1. The summed E-state index contributed by atoms with van der Waals surface area (Å²) in [6.45, 7) is 0.818. The zero-order valence-electron chi connectivity index (χ0n) is 12.6. The van der Waals surface area contributed by atoms with E-state index in [1.807, 2.05) is 0 Å². The van der Waals surface area contributed by atoms with Crippen LogP contribution in [-0.2, 0) is 9.53 Å². The molecule has 2 rings (SSSR count). The molecule has 0 atom stereocenters. The van der Waals surface area contributed by atoms with Gasteiger partial charge in [-0.3, -0.25) is 14.9 Å². The maximum atomic E-state index is 13.0. The Balaban J connectivity index is 1.99. The standard InChI is InChI=1S/C16H13FN2O5/c1-10-13(6-3-7-14(10)19(22)23)16(21)24-9-15(20)18-12-5-2-4-11(17)8-12/h2-8H,9H2,1H3,(H,18,20). The third kappa shape index (κ3) is 4.13. The van der Waals surface area contributed by atoms with Gasteiger partial charge in [0.15, 0.2) is 6.61 Å². The fraction of sp³-hybridized carbons (Fsp3) is 0.125. The lowest BCUT2D eigenvalue weighted by molar-refractivity contribution is -0.385. The third-order valence-electron chi connectivity index (χ3n) is 3.16. The van der Waals surface area contributed by atoms with E-state index in [2.05, 4.69) is 5.32 Å². The summed E-state index contributed by atoms with van der Waals surface area (Å²) in [6, 6.07) is 9.23. The summed E-state index contributed by atoms with van der Waals surface area (Å²) >= 11 is 0. The van der Waals surface area contributed by atoms with Gasteiger partial charge in [0.1, 0.15) is 5.82 Å². The van der Waals surface area contributed by atoms with Crippen LogP contribution in [0.5, 0.6) is 0 Å². The molecule has 0 spiro atoms. The molecule has 2 aromatic carbocycles. The first-order chi connectivity index (χ1) is 11.4. The van der Waals surface area contributed by atoms with Crippen molar-refractivity contribution >= 4 is 23.3 Å². The van der Waals surface area contributed by atoms with Crippen molar-refractivity contribution in [3.05, 3.63) is 69.5 Å². The van der Waals surface area contributed by atoms with E-state index in [0.717, 1.165) is 6.07 Å². The van der Waals surface area contributed by atoms with Crippen molar-refractivity contribution in [1.29, 1.82) is 0 Å². The van der Waals surface area contributed by atoms with Crippen molar-refractivity contribution in [3.8, 4) is 0 Å². The monoisotopic (exact) mass is 332 g/mol. The Morgan fingerprint density at radius 1 is 1.25 bits per heavy atom. The number of nitro benzene ring substituents is 1. The molecule has 24 heavy (non-hydrogen) atoms. The van der Waals surface area contributed by atoms with Crippen LogP contribution in [-0.4, -0.2) is 23.4 Å². The second-order valence-corrected chi connectivity index (χ2v) is 4.84. The lowest BCUT2D eigenvalue weighted by Crippen LogP contribution is -2.21. The summed E-state index contributed by atoms with van der Waals surface area (Å²) < 4.78 is 17.8. The van der Waals surface area contributed by atoms with Crippen LogP contribution in [0.3, 0.4) is 0 Å². The number of ether oxygens (including phenoxy) is 1. The Morgan fingerprint density at radius 2 is 1.96 bits per heavy atom. The maximum absolute atomic E-state index is 13.0. The molecular weight excluding hydrogens is 319 g/mol. The number of nitrogens with zero attached hydrogens (tertiary/aromatic N) is 1. The second-order valence-electron chi connectivity index (χ2n) is 4.84. The average Bonchev–Trinajstić information content (AvgIpc) is 2.52. The van der Waals surface area contributed by atoms with Gasteiger partial charge in [0.05, 0.1) is 10.5 Å². The van der Waals surface area contributed by atoms with Crippen LogP contribution in [0, 0.1) is 22.9 Å². The molecule has 0 aromatic heterocycles. The lowest BCUT2D eigenvalue weighted by Gasteiger charge is -2.08. The molecule has 0 radical (unpaired) electrons. The number of esters is 1. The lowest BCUT2D eigenvalue weighted by atomic mass is 10.1. The Hall–Kier alpha value is -3.29. The maximum Gasteiger partial charge on any atom is 0.339 e. The van der Waals surface area contributed by atoms with Gasteiger partial charge in [0.2, 0.25) is 0 Å². The fourth-order valence-corrected chi connectivity index (χ4v) is 2.01. The normalized spacial score (nSPS) is 10.1. The summed E-state index contributed by atoms with van der Waals surface area (Å²) in [4.78, 5) is 33.9. The third-order valence-corrected chi connectivity index (χ3v) is 3.16. The van der Waals surface area contributed by atoms with Gasteiger partial charge in [-0.25, -0.2) is 9.18 Å². The highest BCUT2D eigenvalue weighted by molar-refractivity contribution is 5.96. The molecule has 2 aromatic rings. The van der Waals surface area contributed by atoms with Crippen LogP contribution in [0.4, 0.5) is 15.8 Å². The number of carbonyl (C=O) groups excluding carboxylic acids is 2. The average molecular weight is 332 g/mol. The first-order valence-corrected chi connectivity index (χ1v) is 6.85. The Morgan fingerprint density at radius 3 is 2.62 bits per heavy atom. The van der Waals surface area contributed by atoms with Crippen molar-refractivity contribution < 1.29 is 23.6 Å². The largest absolute Gasteiger partial charge is 0.452 e.